The van der Waals surface area contributed by atoms with E-state index in [1.807, 2.05) is 78.9 Å². The highest BCUT2D eigenvalue weighted by Gasteiger charge is 2.27. The highest BCUT2D eigenvalue weighted by molar-refractivity contribution is 7.55. The van der Waals surface area contributed by atoms with Gasteiger partial charge >= 0.3 is 7.75 Å². The smallest absolute Gasteiger partial charge is 0.409 e. The summed E-state index contributed by atoms with van der Waals surface area (Å²) in [6.45, 7) is 0.185. The van der Waals surface area contributed by atoms with Crippen molar-refractivity contribution < 1.29 is 13.6 Å². The van der Waals surface area contributed by atoms with Crippen LogP contribution in [-0.2, 0) is 15.7 Å². The van der Waals surface area contributed by atoms with Crippen molar-refractivity contribution in [1.82, 2.24) is 0 Å². The van der Waals surface area contributed by atoms with E-state index in [4.69, 9.17) is 9.05 Å². The summed E-state index contributed by atoms with van der Waals surface area (Å²) in [5, 5.41) is 2.89. The number of para-hydroxylation sites is 2. The summed E-state index contributed by atoms with van der Waals surface area (Å²) >= 11 is 0. The molecular weight excluding hydrogens is 321 g/mol. The van der Waals surface area contributed by atoms with E-state index in [9.17, 15) is 4.57 Å². The normalized spacial score (nSPS) is 13.0. The van der Waals surface area contributed by atoms with Gasteiger partial charge in [-0.3, -0.25) is 9.61 Å². The Morgan fingerprint density at radius 1 is 0.750 bits per heavy atom. The highest BCUT2D eigenvalue weighted by Crippen LogP contribution is 2.48. The van der Waals surface area contributed by atoms with Crippen LogP contribution in [-0.4, -0.2) is 0 Å². The molecule has 3 aromatic rings. The van der Waals surface area contributed by atoms with Gasteiger partial charge in [0.2, 0.25) is 0 Å². The molecule has 0 saturated heterocycles. The van der Waals surface area contributed by atoms with Crippen molar-refractivity contribution in [3.63, 3.8) is 0 Å². The monoisotopic (exact) mass is 339 g/mol. The van der Waals surface area contributed by atoms with Crippen molar-refractivity contribution in [1.29, 1.82) is 0 Å². The molecule has 1 unspecified atom stereocenters. The van der Waals surface area contributed by atoms with Gasteiger partial charge in [-0.25, -0.2) is 4.57 Å². The second kappa shape index (κ2) is 7.82. The number of hydrogen-bond donors (Lipinski definition) is 1. The lowest BCUT2D eigenvalue weighted by Gasteiger charge is -2.20. The average molecular weight is 339 g/mol. The second-order valence-corrected chi connectivity index (χ2v) is 6.80. The summed E-state index contributed by atoms with van der Waals surface area (Å²) in [7, 11) is -3.58. The van der Waals surface area contributed by atoms with Crippen LogP contribution in [0.25, 0.3) is 0 Å². The van der Waals surface area contributed by atoms with E-state index in [1.54, 1.807) is 12.1 Å². The molecule has 0 aromatic heterocycles. The molecule has 0 bridgehead atoms. The predicted molar refractivity (Wildman–Crippen MR) is 96.0 cm³/mol. The van der Waals surface area contributed by atoms with E-state index in [-0.39, 0.29) is 6.61 Å². The minimum absolute atomic E-state index is 0.185. The van der Waals surface area contributed by atoms with Gasteiger partial charge in [0.15, 0.2) is 0 Å². The first-order valence-electron chi connectivity index (χ1n) is 7.60. The molecule has 0 saturated carbocycles. The molecule has 0 aliphatic rings. The summed E-state index contributed by atoms with van der Waals surface area (Å²) in [6, 6.07) is 27.8. The van der Waals surface area contributed by atoms with E-state index in [0.717, 1.165) is 5.56 Å². The fourth-order valence-corrected chi connectivity index (χ4v) is 3.45. The third-order valence-corrected chi connectivity index (χ3v) is 4.70. The molecule has 0 heterocycles. The third kappa shape index (κ3) is 4.72. The van der Waals surface area contributed by atoms with Crippen molar-refractivity contribution in [2.24, 2.45) is 0 Å². The van der Waals surface area contributed by atoms with E-state index in [1.165, 1.54) is 0 Å². The van der Waals surface area contributed by atoms with Crippen LogP contribution in [0.4, 0.5) is 5.69 Å². The average Bonchev–Trinajstić information content (AvgIpc) is 2.63. The van der Waals surface area contributed by atoms with Gasteiger partial charge in [-0.2, -0.15) is 0 Å². The number of rotatable bonds is 7. The van der Waals surface area contributed by atoms with Gasteiger partial charge in [0.25, 0.3) is 0 Å². The lowest BCUT2D eigenvalue weighted by atomic mass is 10.2. The fraction of sp³-hybridized carbons (Fsp3) is 0.0526. The lowest BCUT2D eigenvalue weighted by Crippen LogP contribution is -2.07. The van der Waals surface area contributed by atoms with Gasteiger partial charge in [0, 0.05) is 5.69 Å². The summed E-state index contributed by atoms with van der Waals surface area (Å²) < 4.78 is 24.5. The number of benzene rings is 3. The lowest BCUT2D eigenvalue weighted by molar-refractivity contribution is 0.260. The number of nitrogens with one attached hydrogen (secondary N) is 1. The molecule has 3 rings (SSSR count). The van der Waals surface area contributed by atoms with Crippen molar-refractivity contribution >= 4 is 13.4 Å². The van der Waals surface area contributed by atoms with E-state index in [2.05, 4.69) is 5.09 Å². The Hall–Kier alpha value is -2.55. The molecule has 5 heteroatoms. The molecule has 0 aliphatic carbocycles. The Morgan fingerprint density at radius 2 is 1.29 bits per heavy atom. The van der Waals surface area contributed by atoms with Gasteiger partial charge in [0.1, 0.15) is 5.75 Å². The first kappa shape index (κ1) is 16.3. The van der Waals surface area contributed by atoms with Gasteiger partial charge in [0.05, 0.1) is 6.61 Å². The van der Waals surface area contributed by atoms with Gasteiger partial charge in [-0.15, -0.1) is 0 Å². The van der Waals surface area contributed by atoms with Crippen LogP contribution < -0.4 is 9.61 Å². The minimum Gasteiger partial charge on any atom is -0.409 e. The van der Waals surface area contributed by atoms with Gasteiger partial charge in [-0.1, -0.05) is 66.7 Å². The first-order chi connectivity index (χ1) is 11.7. The third-order valence-electron chi connectivity index (χ3n) is 3.25. The second-order valence-electron chi connectivity index (χ2n) is 5.14. The Morgan fingerprint density at radius 3 is 1.92 bits per heavy atom. The molecule has 0 amide bonds. The van der Waals surface area contributed by atoms with E-state index < -0.39 is 7.75 Å². The molecular formula is C19H18NO3P. The van der Waals surface area contributed by atoms with Crippen molar-refractivity contribution in [2.75, 3.05) is 5.09 Å². The Kier molecular flexibility index (Phi) is 5.32. The predicted octanol–water partition coefficient (Wildman–Crippen LogP) is 5.50. The summed E-state index contributed by atoms with van der Waals surface area (Å²) in [6.07, 6.45) is 0. The van der Waals surface area contributed by atoms with Crippen molar-refractivity contribution in [3.05, 3.63) is 96.6 Å². The minimum atomic E-state index is -3.58. The number of hydrogen-bond acceptors (Lipinski definition) is 3. The van der Waals surface area contributed by atoms with Crippen LogP contribution in [0.15, 0.2) is 91.0 Å². The first-order valence-corrected chi connectivity index (χ1v) is 9.14. The fourth-order valence-electron chi connectivity index (χ4n) is 2.11. The molecule has 1 N–H and O–H groups in total. The van der Waals surface area contributed by atoms with Crippen LogP contribution in [0.5, 0.6) is 5.75 Å². The maximum atomic E-state index is 13.2. The Bertz CT molecular complexity index is 749. The maximum absolute atomic E-state index is 13.2. The van der Waals surface area contributed by atoms with Crippen LogP contribution in [0.2, 0.25) is 0 Å². The van der Waals surface area contributed by atoms with Crippen LogP contribution in [0.1, 0.15) is 5.56 Å². The summed E-state index contributed by atoms with van der Waals surface area (Å²) in [4.78, 5) is 0. The van der Waals surface area contributed by atoms with Gasteiger partial charge in [-0.05, 0) is 29.8 Å². The molecule has 1 atom stereocenters. The molecule has 24 heavy (non-hydrogen) atoms. The van der Waals surface area contributed by atoms with Crippen LogP contribution in [0.3, 0.4) is 0 Å². The highest BCUT2D eigenvalue weighted by atomic mass is 31.2. The Labute approximate surface area is 141 Å². The summed E-state index contributed by atoms with van der Waals surface area (Å²) in [5.74, 6) is 0.484. The van der Waals surface area contributed by atoms with E-state index in [0.29, 0.717) is 11.4 Å². The molecule has 3 aromatic carbocycles. The van der Waals surface area contributed by atoms with Crippen LogP contribution >= 0.6 is 7.75 Å². The standard InChI is InChI=1S/C19H18NO3P/c21-24(20-18-12-6-2-7-13-18,23-19-14-8-3-9-15-19)22-16-17-10-4-1-5-11-17/h1-15H,16H2,(H,20,21). The SMILES string of the molecule is O=P(Nc1ccccc1)(OCc1ccccc1)Oc1ccccc1. The maximum Gasteiger partial charge on any atom is 0.486 e. The van der Waals surface area contributed by atoms with Crippen molar-refractivity contribution in [3.8, 4) is 5.75 Å². The molecule has 0 spiro atoms. The zero-order valence-corrected chi connectivity index (χ0v) is 13.9. The largest absolute Gasteiger partial charge is 0.486 e. The van der Waals surface area contributed by atoms with Crippen LogP contribution in [0, 0.1) is 0 Å². The van der Waals surface area contributed by atoms with Crippen molar-refractivity contribution in [2.45, 2.75) is 6.61 Å². The Balaban J connectivity index is 1.78. The zero-order valence-electron chi connectivity index (χ0n) is 13.0. The molecule has 0 aliphatic heterocycles. The topological polar surface area (TPSA) is 47.6 Å². The zero-order chi connectivity index (χ0) is 16.7. The molecule has 0 radical (unpaired) electrons. The van der Waals surface area contributed by atoms with Gasteiger partial charge < -0.3 is 4.52 Å². The molecule has 0 fully saturated rings. The summed E-state index contributed by atoms with van der Waals surface area (Å²) in [5.41, 5.74) is 1.59. The quantitative estimate of drug-likeness (QED) is 0.577. The molecule has 4 nitrogen and oxygen atoms in total. The van der Waals surface area contributed by atoms with E-state index >= 15 is 0 Å². The molecule has 122 valence electrons. The number of anilines is 1.